The van der Waals surface area contributed by atoms with E-state index < -0.39 is 124 Å². The van der Waals surface area contributed by atoms with Gasteiger partial charge in [0.15, 0.2) is 0 Å². The van der Waals surface area contributed by atoms with E-state index >= 15 is 0 Å². The highest BCUT2D eigenvalue weighted by molar-refractivity contribution is 6.32. The van der Waals surface area contributed by atoms with E-state index in [0.717, 1.165) is 22.3 Å². The summed E-state index contributed by atoms with van der Waals surface area (Å²) in [7, 11) is 0. The first-order chi connectivity index (χ1) is 41.8. The normalized spacial score (nSPS) is 34.0. The molecular weight excluding hydrogens is 947 g/mol. The number of primary amides is 4. The Morgan fingerprint density at radius 2 is 0.986 bits per heavy atom. The first kappa shape index (κ1) is 30.6. The minimum absolute atomic E-state index is 0.0289. The lowest BCUT2D eigenvalue weighted by atomic mass is 9.82. The SMILES string of the molecule is [2H]C1([2H])CC([2H])([2H])C([2H])(C(N)=O)C2=C1c1cc(C)ccc1C2.[2H]C1([2H])CC([2H])([2H])C([2H])(C(N)=O)C2=C1c1cc(Cl)cc(C)c1C2.[2H]c1c(C)c(Cl)c([2H])c2c1CC1=C2C([2H])([2H])CC([2H])([2H])C1C(N)=O.[2H]c1c(Cl)c(C)cc2c1C1=C(C2)C(C(N)=O)C([2H])([2H])CC1([2H])[2H]. The smallest absolute Gasteiger partial charge is 0.224 e. The maximum absolute atomic E-state index is 12.0. The third-order valence-electron chi connectivity index (χ3n) is 13.5. The Hall–Kier alpha value is -5.41. The average Bonchev–Trinajstić information content (AvgIpc) is 1.48. The summed E-state index contributed by atoms with van der Waals surface area (Å²) in [5.74, 6) is -10.8. The molecule has 4 aromatic rings. The van der Waals surface area contributed by atoms with Crippen LogP contribution in [0.25, 0.3) is 22.3 Å². The number of nitrogens with two attached hydrogens (primary N) is 4. The van der Waals surface area contributed by atoms with Crippen molar-refractivity contribution < 1.29 is 48.0 Å². The molecule has 0 saturated heterocycles. The lowest BCUT2D eigenvalue weighted by Crippen LogP contribution is -2.27. The first-order valence-electron chi connectivity index (χ1n) is 33.4. The number of aryl methyl sites for hydroxylation is 3. The fourth-order valence-electron chi connectivity index (χ4n) is 10.2. The van der Waals surface area contributed by atoms with Gasteiger partial charge in [-0.2, -0.15) is 0 Å². The van der Waals surface area contributed by atoms with Crippen LogP contribution in [0.3, 0.4) is 0 Å². The van der Waals surface area contributed by atoms with E-state index in [9.17, 15) is 19.2 Å². The predicted octanol–water partition coefficient (Wildman–Crippen LogP) is 12.3. The molecular formula is C60H65Cl3N4O4. The number of rotatable bonds is 4. The van der Waals surface area contributed by atoms with Crippen LogP contribution in [0.15, 0.2) is 76.8 Å². The van der Waals surface area contributed by atoms with Crippen LogP contribution in [0.1, 0.15) is 172 Å². The van der Waals surface area contributed by atoms with E-state index in [1.165, 1.54) is 0 Å². The van der Waals surface area contributed by atoms with Crippen molar-refractivity contribution in [1.29, 1.82) is 0 Å². The van der Waals surface area contributed by atoms with Crippen molar-refractivity contribution in [3.05, 3.63) is 159 Å². The van der Waals surface area contributed by atoms with E-state index in [2.05, 4.69) is 0 Å². The lowest BCUT2D eigenvalue weighted by Gasteiger charge is -2.22. The molecule has 0 heterocycles. The van der Waals surface area contributed by atoms with Gasteiger partial charge in [-0.1, -0.05) is 70.7 Å². The van der Waals surface area contributed by atoms with Gasteiger partial charge in [0.25, 0.3) is 0 Å². The van der Waals surface area contributed by atoms with Gasteiger partial charge in [-0.15, -0.1) is 0 Å². The zero-order valence-electron chi connectivity index (χ0n) is 60.4. The molecule has 0 saturated carbocycles. The molecule has 0 bridgehead atoms. The second kappa shape index (κ2) is 20.6. The van der Waals surface area contributed by atoms with Gasteiger partial charge in [0.2, 0.25) is 23.6 Å². The van der Waals surface area contributed by atoms with Gasteiger partial charge < -0.3 is 22.9 Å². The summed E-state index contributed by atoms with van der Waals surface area (Å²) in [6, 6.07) is 10.7. The van der Waals surface area contributed by atoms with Crippen LogP contribution in [0.5, 0.6) is 0 Å². The van der Waals surface area contributed by atoms with Gasteiger partial charge in [0.05, 0.1) is 27.7 Å². The summed E-state index contributed by atoms with van der Waals surface area (Å²) < 4.78 is 173. The van der Waals surface area contributed by atoms with E-state index in [-0.39, 0.29) is 98.4 Å². The maximum atomic E-state index is 12.0. The van der Waals surface area contributed by atoms with Crippen LogP contribution in [-0.4, -0.2) is 23.6 Å². The largest absolute Gasteiger partial charge is 0.369 e. The molecule has 370 valence electrons. The monoisotopic (exact) mass is 1030 g/mol. The topological polar surface area (TPSA) is 172 Å². The van der Waals surface area contributed by atoms with Crippen molar-refractivity contribution in [3.8, 4) is 0 Å². The Kier molecular flexibility index (Phi) is 8.87. The predicted molar refractivity (Wildman–Crippen MR) is 288 cm³/mol. The Labute approximate surface area is 462 Å². The molecule has 12 rings (SSSR count). The number of benzene rings is 4. The van der Waals surface area contributed by atoms with Crippen LogP contribution in [0, 0.1) is 51.3 Å². The first-order valence-corrected chi connectivity index (χ1v) is 24.0. The molecule has 0 aromatic heterocycles. The second-order valence-electron chi connectivity index (χ2n) is 18.2. The van der Waals surface area contributed by atoms with Crippen LogP contribution in [0.2, 0.25) is 15.1 Å². The number of hydrogen-bond donors (Lipinski definition) is 4. The van der Waals surface area contributed by atoms with Crippen molar-refractivity contribution in [2.24, 2.45) is 46.6 Å². The quantitative estimate of drug-likeness (QED) is 0.159. The minimum Gasteiger partial charge on any atom is -0.369 e. The molecule has 0 radical (unpaired) electrons. The zero-order valence-corrected chi connectivity index (χ0v) is 41.6. The highest BCUT2D eigenvalue weighted by atomic mass is 35.5. The van der Waals surface area contributed by atoms with Gasteiger partial charge in [-0.05, 0) is 260 Å². The highest BCUT2D eigenvalue weighted by Gasteiger charge is 2.37. The zero-order chi connectivity index (χ0) is 69.4. The van der Waals surface area contributed by atoms with Crippen molar-refractivity contribution in [1.82, 2.24) is 0 Å². The van der Waals surface area contributed by atoms with E-state index in [0.29, 0.717) is 49.5 Å². The van der Waals surface area contributed by atoms with E-state index in [1.54, 1.807) is 32.0 Å². The van der Waals surface area contributed by atoms with Crippen LogP contribution in [-0.2, 0) is 44.9 Å². The molecule has 4 atom stereocenters. The Morgan fingerprint density at radius 3 is 1.55 bits per heavy atom. The van der Waals surface area contributed by atoms with Gasteiger partial charge in [0, 0.05) is 39.7 Å². The minimum atomic E-state index is -2.39. The molecule has 71 heavy (non-hydrogen) atoms. The Bertz CT molecular complexity index is 4120. The number of halogens is 3. The third kappa shape index (κ3) is 9.93. The van der Waals surface area contributed by atoms with Gasteiger partial charge in [-0.3, -0.25) is 19.2 Å². The van der Waals surface area contributed by atoms with E-state index in [4.69, 9.17) is 86.5 Å². The molecule has 4 unspecified atom stereocenters. The molecule has 11 heteroatoms. The number of hydrogen-bond acceptors (Lipinski definition) is 4. The summed E-state index contributed by atoms with van der Waals surface area (Å²) in [6.07, 6.45) is -18.5. The summed E-state index contributed by atoms with van der Waals surface area (Å²) in [6.45, 7) is 7.08. The van der Waals surface area contributed by atoms with Gasteiger partial charge in [0.1, 0.15) is 0 Å². The van der Waals surface area contributed by atoms with Crippen LogP contribution >= 0.6 is 34.8 Å². The molecule has 0 spiro atoms. The number of allylic oxidation sites excluding steroid dienone is 4. The fraction of sp³-hybridized carbons (Fsp3) is 0.400. The van der Waals surface area contributed by atoms with Crippen LogP contribution < -0.4 is 22.9 Å². The molecule has 0 fully saturated rings. The lowest BCUT2D eigenvalue weighted by molar-refractivity contribution is -0.121. The molecule has 8 aliphatic carbocycles. The molecule has 0 aliphatic heterocycles. The Morgan fingerprint density at radius 1 is 0.507 bits per heavy atom. The van der Waals surface area contributed by atoms with Crippen molar-refractivity contribution in [3.63, 3.8) is 0 Å². The number of carbonyl (C=O) groups is 4. The van der Waals surface area contributed by atoms with E-state index in [1.807, 2.05) is 32.0 Å². The standard InChI is InChI=1S/3C15H16ClNO.C15H17NO/c2*1-8-5-9-6-13-10(12(9)7-14(8)16)3-2-4-11(13)15(17)18;1-8-5-9(16)6-13-10-3-2-4-11(15(17)18)14(10)7-12(8)13;1-9-5-6-10-8-14-11(13(10)7-9)3-2-4-12(14)15(16)17/h2*5,7,11H,2-4,6H2,1H3,(H2,17,18);5-6,11H,2-4,7H2,1H3,(H2,17,18);5-7,12H,2-4,8H2,1H3,(H2,16,17)/i3D2,4D2,5D,7D;3D2,4D2,7D;3D2,4D2,11D;3D2,4D2,12D. The molecule has 8 nitrogen and oxygen atoms in total. The number of carbonyl (C=O) groups excluding carboxylic acids is 4. The van der Waals surface area contributed by atoms with Crippen LogP contribution in [0.4, 0.5) is 0 Å². The fourth-order valence-corrected chi connectivity index (χ4v) is 10.8. The van der Waals surface area contributed by atoms with Gasteiger partial charge in [-0.25, -0.2) is 0 Å². The van der Waals surface area contributed by atoms with Crippen molar-refractivity contribution in [2.45, 2.75) is 130 Å². The van der Waals surface area contributed by atoms with Crippen molar-refractivity contribution in [2.75, 3.05) is 0 Å². The molecule has 4 aromatic carbocycles. The number of fused-ring (bicyclic) bond motifs is 8. The summed E-state index contributed by atoms with van der Waals surface area (Å²) in [5, 5.41) is 0.763. The number of amides is 4. The summed E-state index contributed by atoms with van der Waals surface area (Å²) in [4.78, 5) is 47.6. The second-order valence-corrected chi connectivity index (χ2v) is 19.4. The van der Waals surface area contributed by atoms with Gasteiger partial charge >= 0.3 is 0 Å². The average molecular weight is 1030 g/mol. The third-order valence-corrected chi connectivity index (χ3v) is 14.5. The molecule has 8 N–H and O–H groups in total. The van der Waals surface area contributed by atoms with Crippen molar-refractivity contribution >= 4 is 80.7 Å². The summed E-state index contributed by atoms with van der Waals surface area (Å²) in [5.41, 5.74) is 30.7. The maximum Gasteiger partial charge on any atom is 0.224 e. The summed E-state index contributed by atoms with van der Waals surface area (Å²) >= 11 is 18.4. The molecule has 4 amide bonds. The Balaban J connectivity index is 0.000000145. The highest BCUT2D eigenvalue weighted by Crippen LogP contribution is 2.49. The molecule has 8 aliphatic rings.